The van der Waals surface area contributed by atoms with Gasteiger partial charge in [-0.25, -0.2) is 18.6 Å². The van der Waals surface area contributed by atoms with Gasteiger partial charge >= 0.3 is 5.97 Å². The van der Waals surface area contributed by atoms with E-state index in [1.165, 1.54) is 15.4 Å². The number of nitrogens with zero attached hydrogens (tertiary/aromatic N) is 4. The van der Waals surface area contributed by atoms with Crippen LogP contribution in [0.5, 0.6) is 0 Å². The number of aromatic carboxylic acids is 1. The van der Waals surface area contributed by atoms with Crippen LogP contribution in [0, 0.1) is 18.3 Å². The second kappa shape index (κ2) is 8.41. The number of pyridine rings is 1. The third kappa shape index (κ3) is 4.05. The van der Waals surface area contributed by atoms with Gasteiger partial charge in [0, 0.05) is 43.4 Å². The number of rotatable bonds is 6. The van der Waals surface area contributed by atoms with Gasteiger partial charge in [-0.3, -0.25) is 9.20 Å². The van der Waals surface area contributed by atoms with Crippen LogP contribution in [-0.4, -0.2) is 39.5 Å². The largest absolute Gasteiger partial charge is 0.478 e. The summed E-state index contributed by atoms with van der Waals surface area (Å²) in [5, 5.41) is 22.3. The summed E-state index contributed by atoms with van der Waals surface area (Å²) in [5.74, 6) is -3.80. The number of carbonyl (C=O) groups is 1. The molecular weight excluding hydrogens is 444 g/mol. The summed E-state index contributed by atoms with van der Waals surface area (Å²) in [7, 11) is 1.55. The molecule has 0 bridgehead atoms. The number of benzene rings is 1. The summed E-state index contributed by atoms with van der Waals surface area (Å²) in [4.78, 5) is 30.8. The van der Waals surface area contributed by atoms with E-state index in [1.54, 1.807) is 45.3 Å². The van der Waals surface area contributed by atoms with Gasteiger partial charge in [-0.2, -0.15) is 5.26 Å². The number of para-hydroxylation sites is 1. The van der Waals surface area contributed by atoms with E-state index < -0.39 is 29.5 Å². The number of nitriles is 1. The van der Waals surface area contributed by atoms with Crippen LogP contribution in [0.25, 0.3) is 5.65 Å². The van der Waals surface area contributed by atoms with Gasteiger partial charge in [-0.05, 0) is 37.6 Å². The summed E-state index contributed by atoms with van der Waals surface area (Å²) >= 11 is 0. The minimum absolute atomic E-state index is 0.0521. The van der Waals surface area contributed by atoms with Crippen molar-refractivity contribution in [1.29, 1.82) is 5.26 Å². The molecule has 1 fully saturated rings. The number of carboxylic acid groups (broad SMARTS) is 1. The van der Waals surface area contributed by atoms with Gasteiger partial charge in [0.15, 0.2) is 11.4 Å². The van der Waals surface area contributed by atoms with E-state index in [1.807, 2.05) is 12.1 Å². The number of alkyl halides is 2. The highest BCUT2D eigenvalue weighted by atomic mass is 19.3. The fourth-order valence-corrected chi connectivity index (χ4v) is 4.25. The average Bonchev–Trinajstić information content (AvgIpc) is 2.76. The zero-order valence-corrected chi connectivity index (χ0v) is 18.8. The Morgan fingerprint density at radius 1 is 1.38 bits per heavy atom. The topological polar surface area (TPSA) is 111 Å². The Hall–Kier alpha value is -4.00. The lowest BCUT2D eigenvalue weighted by atomic mass is 9.87. The molecule has 0 radical (unpaired) electrons. The van der Waals surface area contributed by atoms with Gasteiger partial charge in [-0.1, -0.05) is 12.1 Å². The van der Waals surface area contributed by atoms with Gasteiger partial charge in [0.2, 0.25) is 0 Å². The number of fused-ring (bicyclic) bond motifs is 1. The smallest absolute Gasteiger partial charge is 0.337 e. The van der Waals surface area contributed by atoms with E-state index in [9.17, 15) is 28.7 Å². The molecule has 0 unspecified atom stereocenters. The van der Waals surface area contributed by atoms with Crippen molar-refractivity contribution < 1.29 is 18.7 Å². The number of nitrogens with one attached hydrogen (secondary N) is 1. The van der Waals surface area contributed by atoms with Crippen LogP contribution in [-0.2, 0) is 0 Å². The van der Waals surface area contributed by atoms with Gasteiger partial charge in [0.05, 0.1) is 11.6 Å². The van der Waals surface area contributed by atoms with Crippen molar-refractivity contribution in [3.05, 3.63) is 69.1 Å². The number of halogens is 2. The molecular formula is C24H23F2N5O3. The molecule has 1 atom stereocenters. The van der Waals surface area contributed by atoms with E-state index in [0.717, 1.165) is 5.56 Å². The molecule has 0 amide bonds. The monoisotopic (exact) mass is 467 g/mol. The van der Waals surface area contributed by atoms with Gasteiger partial charge in [0.1, 0.15) is 11.7 Å². The van der Waals surface area contributed by atoms with Gasteiger partial charge in [0.25, 0.3) is 11.5 Å². The molecule has 1 aliphatic carbocycles. The lowest BCUT2D eigenvalue weighted by Gasteiger charge is -2.41. The first-order valence-corrected chi connectivity index (χ1v) is 10.7. The highest BCUT2D eigenvalue weighted by Gasteiger charge is 2.48. The maximum absolute atomic E-state index is 13.5. The fraction of sp³-hybridized carbons (Fsp3) is 0.333. The maximum atomic E-state index is 13.5. The highest BCUT2D eigenvalue weighted by molar-refractivity contribution is 5.94. The molecule has 34 heavy (non-hydrogen) atoms. The molecule has 2 heterocycles. The number of hydrogen-bond donors (Lipinski definition) is 2. The highest BCUT2D eigenvalue weighted by Crippen LogP contribution is 2.41. The zero-order chi connectivity index (χ0) is 24.8. The molecule has 1 saturated carbocycles. The Balaban J connectivity index is 1.83. The second-order valence-corrected chi connectivity index (χ2v) is 8.64. The number of aromatic nitrogens is 2. The van der Waals surface area contributed by atoms with Crippen molar-refractivity contribution in [2.75, 3.05) is 17.3 Å². The average molecular weight is 467 g/mol. The normalized spacial score (nSPS) is 15.9. The third-order valence-electron chi connectivity index (χ3n) is 6.13. The van der Waals surface area contributed by atoms with Crippen LogP contribution in [0.15, 0.2) is 41.3 Å². The van der Waals surface area contributed by atoms with Crippen LogP contribution in [0.4, 0.5) is 20.3 Å². The number of anilines is 2. The Bertz CT molecular complexity index is 1390. The maximum Gasteiger partial charge on any atom is 0.337 e. The Labute approximate surface area is 194 Å². The van der Waals surface area contributed by atoms with E-state index in [4.69, 9.17) is 0 Å². The van der Waals surface area contributed by atoms with E-state index >= 15 is 0 Å². The number of carboxylic acids is 1. The lowest BCUT2D eigenvalue weighted by molar-refractivity contribution is -0.0850. The van der Waals surface area contributed by atoms with Crippen LogP contribution >= 0.6 is 0 Å². The summed E-state index contributed by atoms with van der Waals surface area (Å²) < 4.78 is 28.2. The standard InChI is InChI=1S/C24H23F2N5O3/c1-13-8-17(14(2)28-19-7-5-4-6-16(19)23(33)34)21-29-20(18(11-27)22(32)31(21)12-13)30(3)15-9-24(25,26)10-15/h4-8,12,14-15,28H,9-10H2,1-3H3,(H,33,34)/t14-/m1/s1. The molecule has 0 spiro atoms. The molecule has 1 aromatic carbocycles. The first-order chi connectivity index (χ1) is 16.0. The molecule has 2 aromatic heterocycles. The van der Waals surface area contributed by atoms with Crippen molar-refractivity contribution in [3.63, 3.8) is 0 Å². The number of hydrogen-bond acceptors (Lipinski definition) is 6. The summed E-state index contributed by atoms with van der Waals surface area (Å²) in [6.07, 6.45) is 0.814. The molecule has 0 saturated heterocycles. The Kier molecular flexibility index (Phi) is 5.73. The molecule has 176 valence electrons. The van der Waals surface area contributed by atoms with E-state index in [2.05, 4.69) is 10.3 Å². The summed E-state index contributed by atoms with van der Waals surface area (Å²) in [5.41, 5.74) is 1.26. The van der Waals surface area contributed by atoms with Gasteiger partial charge < -0.3 is 15.3 Å². The van der Waals surface area contributed by atoms with Crippen molar-refractivity contribution in [3.8, 4) is 6.07 Å². The van der Waals surface area contributed by atoms with Gasteiger partial charge in [-0.15, -0.1) is 0 Å². The molecule has 10 heteroatoms. The molecule has 1 aliphatic rings. The Morgan fingerprint density at radius 2 is 2.06 bits per heavy atom. The van der Waals surface area contributed by atoms with Crippen molar-refractivity contribution in [2.24, 2.45) is 0 Å². The predicted octanol–water partition coefficient (Wildman–Crippen LogP) is 3.98. The SMILES string of the molecule is Cc1cc([C@@H](C)Nc2ccccc2C(=O)O)c2nc(N(C)C3CC(F)(F)C3)c(C#N)c(=O)n2c1. The van der Waals surface area contributed by atoms with Crippen LogP contribution < -0.4 is 15.8 Å². The second-order valence-electron chi connectivity index (χ2n) is 8.64. The van der Waals surface area contributed by atoms with Crippen molar-refractivity contribution in [1.82, 2.24) is 9.38 Å². The zero-order valence-electron chi connectivity index (χ0n) is 18.8. The van der Waals surface area contributed by atoms with Crippen LogP contribution in [0.2, 0.25) is 0 Å². The fourth-order valence-electron chi connectivity index (χ4n) is 4.25. The van der Waals surface area contributed by atoms with E-state index in [-0.39, 0.29) is 35.4 Å². The predicted molar refractivity (Wildman–Crippen MR) is 123 cm³/mol. The summed E-state index contributed by atoms with van der Waals surface area (Å²) in [6, 6.07) is 9.14. The molecule has 0 aliphatic heterocycles. The molecule has 3 aromatic rings. The van der Waals surface area contributed by atoms with Crippen molar-refractivity contribution in [2.45, 2.75) is 44.7 Å². The first kappa shape index (κ1) is 23.2. The lowest BCUT2D eigenvalue weighted by Crippen LogP contribution is -2.50. The van der Waals surface area contributed by atoms with Crippen LogP contribution in [0.1, 0.15) is 52.9 Å². The first-order valence-electron chi connectivity index (χ1n) is 10.7. The van der Waals surface area contributed by atoms with E-state index in [0.29, 0.717) is 11.3 Å². The Morgan fingerprint density at radius 3 is 2.68 bits per heavy atom. The quantitative estimate of drug-likeness (QED) is 0.564. The van der Waals surface area contributed by atoms with Crippen LogP contribution in [0.3, 0.4) is 0 Å². The van der Waals surface area contributed by atoms with Crippen molar-refractivity contribution >= 4 is 23.1 Å². The summed E-state index contributed by atoms with van der Waals surface area (Å²) in [6.45, 7) is 3.59. The molecule has 8 nitrogen and oxygen atoms in total. The third-order valence-corrected chi connectivity index (χ3v) is 6.13. The minimum atomic E-state index is -2.77. The molecule has 4 rings (SSSR count). The number of aryl methyl sites for hydroxylation is 1. The minimum Gasteiger partial charge on any atom is -0.478 e. The molecule has 2 N–H and O–H groups in total.